The first-order valence-corrected chi connectivity index (χ1v) is 8.62. The number of hydrogen-bond acceptors (Lipinski definition) is 6. The number of ether oxygens (including phenoxy) is 1. The van der Waals surface area contributed by atoms with Crippen molar-refractivity contribution in [2.24, 2.45) is 0 Å². The van der Waals surface area contributed by atoms with Crippen LogP contribution in [0.5, 0.6) is 5.75 Å². The SMILES string of the molecule is Fc1ccc(OCc2noc(CN3CCc4sccc4C3)n2)cc1. The van der Waals surface area contributed by atoms with E-state index in [1.807, 2.05) is 11.3 Å². The molecule has 7 heteroatoms. The first kappa shape index (κ1) is 15.3. The summed E-state index contributed by atoms with van der Waals surface area (Å²) in [6.07, 6.45) is 1.07. The lowest BCUT2D eigenvalue weighted by Gasteiger charge is -2.24. The maximum Gasteiger partial charge on any atom is 0.240 e. The second kappa shape index (κ2) is 6.70. The van der Waals surface area contributed by atoms with E-state index in [-0.39, 0.29) is 12.4 Å². The van der Waals surface area contributed by atoms with Gasteiger partial charge in [0.25, 0.3) is 0 Å². The van der Waals surface area contributed by atoms with Crippen LogP contribution in [0.15, 0.2) is 40.2 Å². The number of benzene rings is 1. The topological polar surface area (TPSA) is 51.4 Å². The van der Waals surface area contributed by atoms with Crippen LogP contribution in [0.3, 0.4) is 0 Å². The minimum Gasteiger partial charge on any atom is -0.485 e. The van der Waals surface area contributed by atoms with Crippen LogP contribution in [-0.4, -0.2) is 21.6 Å². The van der Waals surface area contributed by atoms with Gasteiger partial charge in [-0.1, -0.05) is 5.16 Å². The van der Waals surface area contributed by atoms with Gasteiger partial charge in [0.15, 0.2) is 6.61 Å². The van der Waals surface area contributed by atoms with Crippen molar-refractivity contribution < 1.29 is 13.7 Å². The Bertz CT molecular complexity index is 815. The molecule has 24 heavy (non-hydrogen) atoms. The molecule has 0 radical (unpaired) electrons. The van der Waals surface area contributed by atoms with Gasteiger partial charge in [-0.05, 0) is 47.7 Å². The van der Waals surface area contributed by atoms with Crippen molar-refractivity contribution in [3.05, 3.63) is 63.7 Å². The number of halogens is 1. The van der Waals surface area contributed by atoms with Crippen molar-refractivity contribution in [1.82, 2.24) is 15.0 Å². The second-order valence-corrected chi connectivity index (χ2v) is 6.68. The van der Waals surface area contributed by atoms with Gasteiger partial charge in [-0.2, -0.15) is 4.98 Å². The van der Waals surface area contributed by atoms with Crippen LogP contribution in [-0.2, 0) is 26.1 Å². The Balaban J connectivity index is 1.33. The van der Waals surface area contributed by atoms with Gasteiger partial charge in [0.2, 0.25) is 11.7 Å². The van der Waals surface area contributed by atoms with Crippen molar-refractivity contribution in [2.75, 3.05) is 6.54 Å². The normalized spacial score (nSPS) is 14.5. The van der Waals surface area contributed by atoms with E-state index in [0.29, 0.717) is 24.0 Å². The summed E-state index contributed by atoms with van der Waals surface area (Å²) >= 11 is 1.83. The Kier molecular flexibility index (Phi) is 4.27. The quantitative estimate of drug-likeness (QED) is 0.709. The predicted molar refractivity (Wildman–Crippen MR) is 87.2 cm³/mol. The van der Waals surface area contributed by atoms with Gasteiger partial charge in [0, 0.05) is 18.0 Å². The summed E-state index contributed by atoms with van der Waals surface area (Å²) in [4.78, 5) is 8.14. The predicted octanol–water partition coefficient (Wildman–Crippen LogP) is 3.41. The van der Waals surface area contributed by atoms with E-state index in [9.17, 15) is 4.39 Å². The Labute approximate surface area is 142 Å². The lowest BCUT2D eigenvalue weighted by atomic mass is 10.1. The molecular weight excluding hydrogens is 329 g/mol. The zero-order valence-corrected chi connectivity index (χ0v) is 13.8. The van der Waals surface area contributed by atoms with Crippen molar-refractivity contribution in [1.29, 1.82) is 0 Å². The summed E-state index contributed by atoms with van der Waals surface area (Å²) in [5.74, 6) is 1.36. The van der Waals surface area contributed by atoms with Gasteiger partial charge in [0.1, 0.15) is 11.6 Å². The van der Waals surface area contributed by atoms with E-state index in [2.05, 4.69) is 26.5 Å². The molecule has 2 aromatic heterocycles. The van der Waals surface area contributed by atoms with Crippen molar-refractivity contribution in [2.45, 2.75) is 26.1 Å². The maximum atomic E-state index is 12.8. The Morgan fingerprint density at radius 2 is 2.12 bits per heavy atom. The third-order valence-corrected chi connectivity index (χ3v) is 4.96. The molecule has 0 saturated heterocycles. The van der Waals surface area contributed by atoms with Crippen molar-refractivity contribution in [3.63, 3.8) is 0 Å². The van der Waals surface area contributed by atoms with Crippen molar-refractivity contribution >= 4 is 11.3 Å². The zero-order valence-electron chi connectivity index (χ0n) is 12.9. The molecule has 3 aromatic rings. The van der Waals surface area contributed by atoms with Crippen LogP contribution in [0.25, 0.3) is 0 Å². The molecule has 1 aromatic carbocycles. The molecule has 0 fully saturated rings. The summed E-state index contributed by atoms with van der Waals surface area (Å²) in [6, 6.07) is 8.03. The number of rotatable bonds is 5. The minimum absolute atomic E-state index is 0.198. The fraction of sp³-hybridized carbons (Fsp3) is 0.294. The van der Waals surface area contributed by atoms with Gasteiger partial charge in [0.05, 0.1) is 6.54 Å². The van der Waals surface area contributed by atoms with Gasteiger partial charge in [-0.25, -0.2) is 4.39 Å². The van der Waals surface area contributed by atoms with Gasteiger partial charge >= 0.3 is 0 Å². The second-order valence-electron chi connectivity index (χ2n) is 5.68. The third-order valence-electron chi connectivity index (χ3n) is 3.94. The molecule has 0 atom stereocenters. The molecule has 0 unspecified atom stereocenters. The van der Waals surface area contributed by atoms with Crippen LogP contribution in [0.2, 0.25) is 0 Å². The number of nitrogens with zero attached hydrogens (tertiary/aromatic N) is 3. The molecule has 5 nitrogen and oxygen atoms in total. The first-order valence-electron chi connectivity index (χ1n) is 7.74. The Morgan fingerprint density at radius 3 is 3.00 bits per heavy atom. The highest BCUT2D eigenvalue weighted by atomic mass is 32.1. The zero-order chi connectivity index (χ0) is 16.4. The largest absolute Gasteiger partial charge is 0.485 e. The number of hydrogen-bond donors (Lipinski definition) is 0. The molecule has 0 saturated carbocycles. The summed E-state index contributed by atoms with van der Waals surface area (Å²) in [6.45, 7) is 2.75. The van der Waals surface area contributed by atoms with E-state index in [0.717, 1.165) is 19.5 Å². The average Bonchev–Trinajstić information content (AvgIpc) is 3.23. The Hall–Kier alpha value is -2.25. The summed E-state index contributed by atoms with van der Waals surface area (Å²) in [5, 5.41) is 6.08. The number of thiophene rings is 1. The monoisotopic (exact) mass is 345 g/mol. The molecule has 0 spiro atoms. The average molecular weight is 345 g/mol. The van der Waals surface area contributed by atoms with Gasteiger partial charge in [-0.15, -0.1) is 11.3 Å². The summed E-state index contributed by atoms with van der Waals surface area (Å²) in [7, 11) is 0. The number of fused-ring (bicyclic) bond motifs is 1. The lowest BCUT2D eigenvalue weighted by Crippen LogP contribution is -2.29. The van der Waals surface area contributed by atoms with E-state index >= 15 is 0 Å². The van der Waals surface area contributed by atoms with E-state index < -0.39 is 0 Å². The highest BCUT2D eigenvalue weighted by molar-refractivity contribution is 7.10. The van der Waals surface area contributed by atoms with E-state index in [1.165, 1.54) is 22.6 Å². The summed E-state index contributed by atoms with van der Waals surface area (Å²) in [5.41, 5.74) is 1.39. The highest BCUT2D eigenvalue weighted by Gasteiger charge is 2.19. The smallest absolute Gasteiger partial charge is 0.240 e. The first-order chi connectivity index (χ1) is 11.8. The van der Waals surface area contributed by atoms with Crippen LogP contribution in [0.4, 0.5) is 4.39 Å². The highest BCUT2D eigenvalue weighted by Crippen LogP contribution is 2.24. The molecular formula is C17H16FN3O2S. The van der Waals surface area contributed by atoms with Gasteiger partial charge in [-0.3, -0.25) is 4.90 Å². The Morgan fingerprint density at radius 1 is 1.25 bits per heavy atom. The molecule has 3 heterocycles. The minimum atomic E-state index is -0.292. The molecule has 0 aliphatic carbocycles. The lowest BCUT2D eigenvalue weighted by molar-refractivity contribution is 0.211. The van der Waals surface area contributed by atoms with Gasteiger partial charge < -0.3 is 9.26 Å². The molecule has 1 aliphatic heterocycles. The third kappa shape index (κ3) is 3.47. The molecule has 4 rings (SSSR count). The number of aromatic nitrogens is 2. The molecule has 124 valence electrons. The van der Waals surface area contributed by atoms with E-state index in [4.69, 9.17) is 9.26 Å². The van der Waals surface area contributed by atoms with Crippen LogP contribution < -0.4 is 4.74 Å². The van der Waals surface area contributed by atoms with Crippen LogP contribution >= 0.6 is 11.3 Å². The molecule has 0 N–H and O–H groups in total. The standard InChI is InChI=1S/C17H16FN3O2S/c18-13-1-3-14(4-2-13)22-11-16-19-17(23-20-16)10-21-7-5-15-12(9-21)6-8-24-15/h1-4,6,8H,5,7,9-11H2. The molecule has 0 bridgehead atoms. The fourth-order valence-corrected chi connectivity index (χ4v) is 3.61. The summed E-state index contributed by atoms with van der Waals surface area (Å²) < 4.78 is 23.7. The van der Waals surface area contributed by atoms with E-state index in [1.54, 1.807) is 12.1 Å². The van der Waals surface area contributed by atoms with Crippen molar-refractivity contribution in [3.8, 4) is 5.75 Å². The molecule has 1 aliphatic rings. The molecule has 0 amide bonds. The van der Waals surface area contributed by atoms with Crippen LogP contribution in [0, 0.1) is 5.82 Å². The fourth-order valence-electron chi connectivity index (χ4n) is 2.72. The maximum absolute atomic E-state index is 12.8. The van der Waals surface area contributed by atoms with Crippen LogP contribution in [0.1, 0.15) is 22.2 Å².